The molecule has 1 fully saturated rings. The van der Waals surface area contributed by atoms with Crippen LogP contribution in [-0.4, -0.2) is 69.0 Å². The van der Waals surface area contributed by atoms with Crippen molar-refractivity contribution in [2.75, 3.05) is 43.4 Å². The molecular weight excluding hydrogens is 403 g/mol. The van der Waals surface area contributed by atoms with Crippen LogP contribution in [-0.2, 0) is 9.84 Å². The van der Waals surface area contributed by atoms with Crippen LogP contribution in [0.4, 0.5) is 10.1 Å². The quantitative estimate of drug-likeness (QED) is 0.531. The predicted molar refractivity (Wildman–Crippen MR) is 109 cm³/mol. The molecule has 3 rings (SSSR count). The van der Waals surface area contributed by atoms with E-state index in [0.29, 0.717) is 26.2 Å². The Kier molecular flexibility index (Phi) is 6.53. The first kappa shape index (κ1) is 20.6. The molecule has 0 radical (unpaired) electrons. The van der Waals surface area contributed by atoms with Gasteiger partial charge in [-0.05, 0) is 35.7 Å². The average molecular weight is 427 g/mol. The van der Waals surface area contributed by atoms with Gasteiger partial charge in [-0.25, -0.2) is 12.8 Å². The van der Waals surface area contributed by atoms with Crippen LogP contribution >= 0.6 is 11.3 Å². The molecule has 2 heterocycles. The zero-order valence-electron chi connectivity index (χ0n) is 15.2. The summed E-state index contributed by atoms with van der Waals surface area (Å²) >= 11 is 1.12. The van der Waals surface area contributed by atoms with Crippen LogP contribution in [0.2, 0.25) is 0 Å². The van der Waals surface area contributed by atoms with Gasteiger partial charge in [0.05, 0.1) is 18.4 Å². The molecule has 1 aromatic carbocycles. The van der Waals surface area contributed by atoms with E-state index in [0.717, 1.165) is 17.0 Å². The molecule has 0 aliphatic carbocycles. The Labute approximate surface area is 167 Å². The highest BCUT2D eigenvalue weighted by Crippen LogP contribution is 2.19. The van der Waals surface area contributed by atoms with E-state index in [9.17, 15) is 17.9 Å². The monoisotopic (exact) mass is 426 g/mol. The zero-order valence-corrected chi connectivity index (χ0v) is 16.9. The predicted octanol–water partition coefficient (Wildman–Crippen LogP) is 1.16. The lowest BCUT2D eigenvalue weighted by Crippen LogP contribution is -2.51. The molecule has 0 bridgehead atoms. The van der Waals surface area contributed by atoms with Crippen LogP contribution in [0.15, 0.2) is 51.0 Å². The summed E-state index contributed by atoms with van der Waals surface area (Å²) in [5.74, 6) is -0.368. The van der Waals surface area contributed by atoms with Crippen molar-refractivity contribution in [1.29, 1.82) is 0 Å². The number of aliphatic imine (C=N–C) groups is 1. The van der Waals surface area contributed by atoms with E-state index in [1.807, 2.05) is 4.90 Å². The molecule has 10 heteroatoms. The fourth-order valence-electron chi connectivity index (χ4n) is 2.97. The molecule has 0 saturated carbocycles. The maximum absolute atomic E-state index is 13.0. The summed E-state index contributed by atoms with van der Waals surface area (Å²) in [6.45, 7) is 2.61. The number of guanidine groups is 1. The fourth-order valence-corrected chi connectivity index (χ4v) is 5.44. The van der Waals surface area contributed by atoms with Crippen LogP contribution < -0.4 is 10.6 Å². The summed E-state index contributed by atoms with van der Waals surface area (Å²) in [5, 5.41) is 11.7. The molecule has 0 spiro atoms. The molecular formula is C18H23FN4O3S2. The minimum absolute atomic E-state index is 0.0748. The summed E-state index contributed by atoms with van der Waals surface area (Å²) in [7, 11) is -3.52. The van der Waals surface area contributed by atoms with E-state index in [2.05, 4.69) is 9.89 Å². The van der Waals surface area contributed by atoms with Crippen molar-refractivity contribution >= 4 is 32.8 Å². The van der Waals surface area contributed by atoms with Gasteiger partial charge in [0, 0.05) is 31.9 Å². The van der Waals surface area contributed by atoms with Crippen molar-refractivity contribution in [3.63, 3.8) is 0 Å². The number of nitrogens with zero attached hydrogens (tertiary/aromatic N) is 3. The lowest BCUT2D eigenvalue weighted by molar-refractivity contribution is 0.205. The van der Waals surface area contributed by atoms with Crippen LogP contribution in [0.3, 0.4) is 0 Å². The highest BCUT2D eigenvalue weighted by molar-refractivity contribution is 7.93. The summed E-state index contributed by atoms with van der Waals surface area (Å²) in [6.07, 6.45) is -1.12. The fraction of sp³-hybridized carbons (Fsp3) is 0.389. The topological polar surface area (TPSA) is 99.2 Å². The number of anilines is 1. The summed E-state index contributed by atoms with van der Waals surface area (Å²) in [4.78, 5) is 8.18. The van der Waals surface area contributed by atoms with Gasteiger partial charge in [-0.1, -0.05) is 6.07 Å². The molecule has 2 aromatic rings. The maximum Gasteiger partial charge on any atom is 0.191 e. The van der Waals surface area contributed by atoms with Gasteiger partial charge in [-0.2, -0.15) is 0 Å². The van der Waals surface area contributed by atoms with E-state index in [1.54, 1.807) is 23.6 Å². The number of hydrogen-bond donors (Lipinski definition) is 2. The second-order valence-corrected chi connectivity index (χ2v) is 9.73. The van der Waals surface area contributed by atoms with Crippen molar-refractivity contribution in [1.82, 2.24) is 4.90 Å². The van der Waals surface area contributed by atoms with Crippen molar-refractivity contribution in [3.8, 4) is 0 Å². The Hall–Kier alpha value is -2.17. The van der Waals surface area contributed by atoms with E-state index >= 15 is 0 Å². The number of halogens is 1. The number of nitrogens with two attached hydrogens (primary N) is 1. The second-order valence-electron chi connectivity index (χ2n) is 6.52. The molecule has 1 atom stereocenters. The first-order chi connectivity index (χ1) is 13.3. The Morgan fingerprint density at radius 3 is 2.50 bits per heavy atom. The standard InChI is InChI=1S/C18H23FN4O3S2/c19-14-3-5-15(6-4-14)22-7-9-23(10-8-22)18(20)21-12-16(24)13-28(25,26)17-2-1-11-27-17/h1-6,11,16,24H,7-10,12-13H2,(H2,20,21). The Bertz CT molecular complexity index is 893. The molecule has 1 saturated heterocycles. The number of rotatable bonds is 6. The molecule has 7 nitrogen and oxygen atoms in total. The van der Waals surface area contributed by atoms with Crippen LogP contribution in [0.1, 0.15) is 0 Å². The molecule has 1 aliphatic rings. The summed E-state index contributed by atoms with van der Waals surface area (Å²) in [6, 6.07) is 9.53. The average Bonchev–Trinajstić information content (AvgIpc) is 3.22. The maximum atomic E-state index is 13.0. The van der Waals surface area contributed by atoms with Crippen molar-refractivity contribution < 1.29 is 17.9 Å². The highest BCUT2D eigenvalue weighted by Gasteiger charge is 2.22. The van der Waals surface area contributed by atoms with Crippen LogP contribution in [0.5, 0.6) is 0 Å². The molecule has 3 N–H and O–H groups in total. The Morgan fingerprint density at radius 2 is 1.89 bits per heavy atom. The molecule has 152 valence electrons. The third kappa shape index (κ3) is 5.21. The summed E-state index contributed by atoms with van der Waals surface area (Å²) in [5.41, 5.74) is 6.96. The Morgan fingerprint density at radius 1 is 1.21 bits per heavy atom. The third-order valence-electron chi connectivity index (χ3n) is 4.47. The number of thiophene rings is 1. The van der Waals surface area contributed by atoms with Crippen molar-refractivity contribution in [2.45, 2.75) is 10.3 Å². The van der Waals surface area contributed by atoms with E-state index in [1.165, 1.54) is 18.2 Å². The SMILES string of the molecule is NC(=NCC(O)CS(=O)(=O)c1cccs1)N1CCN(c2ccc(F)cc2)CC1. The van der Waals surface area contributed by atoms with E-state index in [-0.39, 0.29) is 28.3 Å². The number of aliphatic hydroxyl groups is 1. The smallest absolute Gasteiger partial charge is 0.191 e. The number of aliphatic hydroxyl groups excluding tert-OH is 1. The Balaban J connectivity index is 1.50. The minimum Gasteiger partial charge on any atom is -0.390 e. The first-order valence-electron chi connectivity index (χ1n) is 8.85. The highest BCUT2D eigenvalue weighted by atomic mass is 32.2. The zero-order chi connectivity index (χ0) is 20.1. The van der Waals surface area contributed by atoms with E-state index in [4.69, 9.17) is 5.73 Å². The molecule has 28 heavy (non-hydrogen) atoms. The van der Waals surface area contributed by atoms with Crippen molar-refractivity contribution in [3.05, 3.63) is 47.6 Å². The summed E-state index contributed by atoms with van der Waals surface area (Å²) < 4.78 is 37.6. The molecule has 0 amide bonds. The molecule has 1 unspecified atom stereocenters. The van der Waals surface area contributed by atoms with Gasteiger partial charge in [0.1, 0.15) is 10.0 Å². The lowest BCUT2D eigenvalue weighted by Gasteiger charge is -2.36. The normalized spacial score (nSPS) is 17.0. The van der Waals surface area contributed by atoms with E-state index < -0.39 is 15.9 Å². The van der Waals surface area contributed by atoms with Gasteiger partial charge >= 0.3 is 0 Å². The van der Waals surface area contributed by atoms with Gasteiger partial charge in [-0.3, -0.25) is 4.99 Å². The van der Waals surface area contributed by atoms with Gasteiger partial charge in [0.2, 0.25) is 0 Å². The first-order valence-corrected chi connectivity index (χ1v) is 11.4. The van der Waals surface area contributed by atoms with Gasteiger partial charge in [-0.15, -0.1) is 11.3 Å². The van der Waals surface area contributed by atoms with Crippen molar-refractivity contribution in [2.24, 2.45) is 10.7 Å². The van der Waals surface area contributed by atoms with Gasteiger partial charge in [0.25, 0.3) is 0 Å². The van der Waals surface area contributed by atoms with Gasteiger partial charge in [0.15, 0.2) is 15.8 Å². The van der Waals surface area contributed by atoms with Crippen LogP contribution in [0.25, 0.3) is 0 Å². The number of hydrogen-bond acceptors (Lipinski definition) is 6. The number of sulfone groups is 1. The van der Waals surface area contributed by atoms with Crippen LogP contribution in [0, 0.1) is 5.82 Å². The third-order valence-corrected chi connectivity index (χ3v) is 7.76. The number of piperazine rings is 1. The molecule has 1 aromatic heterocycles. The largest absolute Gasteiger partial charge is 0.390 e. The number of benzene rings is 1. The minimum atomic E-state index is -3.52. The molecule has 1 aliphatic heterocycles. The van der Waals surface area contributed by atoms with Gasteiger partial charge < -0.3 is 20.6 Å². The second kappa shape index (κ2) is 8.89. The lowest BCUT2D eigenvalue weighted by atomic mass is 10.2.